The number of nitrogens with one attached hydrogen (secondary N) is 1. The molecule has 8 nitrogen and oxygen atoms in total. The number of amides is 1. The highest BCUT2D eigenvalue weighted by Gasteiger charge is 2.43. The van der Waals surface area contributed by atoms with E-state index in [9.17, 15) is 23.1 Å². The molecule has 0 spiro atoms. The molecule has 0 radical (unpaired) electrons. The van der Waals surface area contributed by atoms with E-state index in [1.165, 1.54) is 36.2 Å². The van der Waals surface area contributed by atoms with Gasteiger partial charge in [0.2, 0.25) is 0 Å². The van der Waals surface area contributed by atoms with Crippen molar-refractivity contribution in [1.82, 2.24) is 5.32 Å². The average Bonchev–Trinajstić information content (AvgIpc) is 3.14. The summed E-state index contributed by atoms with van der Waals surface area (Å²) in [5.41, 5.74) is 0.0273. The predicted octanol–water partition coefficient (Wildman–Crippen LogP) is 6.06. The number of nitriles is 1. The maximum Gasteiger partial charge on any atom is 0.417 e. The van der Waals surface area contributed by atoms with Crippen molar-refractivity contribution in [2.24, 2.45) is 9.98 Å². The third kappa shape index (κ3) is 6.81. The molecule has 12 heteroatoms. The van der Waals surface area contributed by atoms with Crippen molar-refractivity contribution >= 4 is 46.7 Å². The first-order valence-electron chi connectivity index (χ1n) is 12.6. The summed E-state index contributed by atoms with van der Waals surface area (Å²) in [5, 5.41) is 22.7. The number of unbranched alkanes of at least 4 members (excludes halogenated alkanes) is 1. The molecule has 1 aliphatic rings. The number of carbonyl (C=O) groups excluding carboxylic acids is 1. The lowest BCUT2D eigenvalue weighted by Crippen LogP contribution is -2.34. The van der Waals surface area contributed by atoms with Crippen molar-refractivity contribution in [2.75, 3.05) is 16.8 Å². The van der Waals surface area contributed by atoms with Crippen LogP contribution in [-0.2, 0) is 11.0 Å². The van der Waals surface area contributed by atoms with Gasteiger partial charge < -0.3 is 15.3 Å². The number of rotatable bonds is 8. The third-order valence-corrected chi connectivity index (χ3v) is 6.54. The fraction of sp³-hybridized carbons (Fsp3) is 0.276. The molecular weight excluding hydrogens is 553 g/mol. The quantitative estimate of drug-likeness (QED) is 0.170. The zero-order valence-corrected chi connectivity index (χ0v) is 23.8. The summed E-state index contributed by atoms with van der Waals surface area (Å²) >= 11 is 5.55. The van der Waals surface area contributed by atoms with Crippen LogP contribution >= 0.6 is 12.2 Å². The number of phenolic OH excluding ortho intramolecular Hbond substituents is 1. The van der Waals surface area contributed by atoms with E-state index in [1.807, 2.05) is 13.1 Å². The number of allylic oxidation sites excluding steroid dienone is 2. The maximum absolute atomic E-state index is 13.6. The number of aliphatic imine (C=N–C) groups is 2. The second kappa shape index (κ2) is 12.8. The molecule has 1 unspecified atom stereocenters. The molecule has 1 atom stereocenters. The Balaban J connectivity index is 1.95. The lowest BCUT2D eigenvalue weighted by molar-refractivity contribution is -0.137. The fourth-order valence-corrected chi connectivity index (χ4v) is 4.62. The number of hydrogen-bond donors (Lipinski definition) is 2. The Kier molecular flexibility index (Phi) is 9.67. The van der Waals surface area contributed by atoms with Gasteiger partial charge in [-0.25, -0.2) is 0 Å². The summed E-state index contributed by atoms with van der Waals surface area (Å²) in [5.74, 6) is -0.388. The highest BCUT2D eigenvalue weighted by Crippen LogP contribution is 2.37. The Morgan fingerprint density at radius 3 is 2.56 bits per heavy atom. The minimum absolute atomic E-state index is 0.0622. The second-order valence-corrected chi connectivity index (χ2v) is 9.52. The van der Waals surface area contributed by atoms with Crippen LogP contribution in [0, 0.1) is 11.3 Å². The van der Waals surface area contributed by atoms with Gasteiger partial charge in [-0.1, -0.05) is 19.9 Å². The van der Waals surface area contributed by atoms with E-state index in [2.05, 4.69) is 28.8 Å². The molecular formula is C29H29F3N6O2S. The Bertz CT molecular complexity index is 1510. The predicted molar refractivity (Wildman–Crippen MR) is 158 cm³/mol. The van der Waals surface area contributed by atoms with Crippen molar-refractivity contribution in [2.45, 2.75) is 45.8 Å². The Labute approximate surface area is 241 Å². The van der Waals surface area contributed by atoms with Crippen LogP contribution in [0.3, 0.4) is 0 Å². The first-order chi connectivity index (χ1) is 19.3. The average molecular weight is 583 g/mol. The Morgan fingerprint density at radius 1 is 1.27 bits per heavy atom. The van der Waals surface area contributed by atoms with E-state index in [-0.39, 0.29) is 27.9 Å². The topological polar surface area (TPSA) is 104 Å². The van der Waals surface area contributed by atoms with Gasteiger partial charge in [0.05, 0.1) is 28.4 Å². The number of thiocarbonyl (C=S) groups is 1. The highest BCUT2D eigenvalue weighted by atomic mass is 32.1. The molecule has 0 aliphatic carbocycles. The molecule has 3 rings (SSSR count). The molecule has 1 heterocycles. The Morgan fingerprint density at radius 2 is 1.95 bits per heavy atom. The van der Waals surface area contributed by atoms with Crippen molar-refractivity contribution in [3.8, 4) is 11.8 Å². The number of amidine groups is 1. The van der Waals surface area contributed by atoms with Gasteiger partial charge in [0.25, 0.3) is 5.91 Å². The highest BCUT2D eigenvalue weighted by molar-refractivity contribution is 7.81. The van der Waals surface area contributed by atoms with E-state index < -0.39 is 29.3 Å². The van der Waals surface area contributed by atoms with Crippen LogP contribution in [0.5, 0.6) is 5.75 Å². The van der Waals surface area contributed by atoms with Crippen LogP contribution in [-0.4, -0.2) is 41.3 Å². The first-order valence-corrected chi connectivity index (χ1v) is 13.0. The van der Waals surface area contributed by atoms with E-state index in [4.69, 9.17) is 17.5 Å². The summed E-state index contributed by atoms with van der Waals surface area (Å²) in [4.78, 5) is 24.3. The van der Waals surface area contributed by atoms with Crippen molar-refractivity contribution in [3.63, 3.8) is 0 Å². The number of aromatic hydroxyl groups is 1. The largest absolute Gasteiger partial charge is 0.507 e. The van der Waals surface area contributed by atoms with Crippen LogP contribution in [0.4, 0.5) is 24.5 Å². The normalized spacial score (nSPS) is 16.5. The van der Waals surface area contributed by atoms with E-state index in [0.29, 0.717) is 11.4 Å². The van der Waals surface area contributed by atoms with Gasteiger partial charge >= 0.3 is 6.18 Å². The molecule has 41 heavy (non-hydrogen) atoms. The van der Waals surface area contributed by atoms with Crippen LogP contribution < -0.4 is 15.1 Å². The van der Waals surface area contributed by atoms with E-state index in [0.717, 1.165) is 35.6 Å². The van der Waals surface area contributed by atoms with Gasteiger partial charge in [0, 0.05) is 30.3 Å². The molecule has 1 saturated heterocycles. The molecule has 2 N–H and O–H groups in total. The molecule has 0 bridgehead atoms. The van der Waals surface area contributed by atoms with Crippen LogP contribution in [0.15, 0.2) is 70.4 Å². The lowest BCUT2D eigenvalue weighted by atomic mass is 10.1. The molecule has 0 aromatic heterocycles. The first kappa shape index (κ1) is 31.0. The standard InChI is InChI=1S/C29H29F3N6O2S/c1-6-7-12-35-17(2)13-18(3)36-26(34-5)23-14-21(10-11-25(23)39)37-19(4)27(40)38(28(37)41)22-9-8-20(16-33)24(15-22)29(30,31)32/h8-15,19,39H,3,6-7H2,1-2,4-5H3,(H,34,36)/b17-13+,35-12?. The monoisotopic (exact) mass is 582 g/mol. The van der Waals surface area contributed by atoms with Crippen LogP contribution in [0.2, 0.25) is 0 Å². The molecule has 1 fully saturated rings. The minimum atomic E-state index is -4.80. The molecule has 1 amide bonds. The fourth-order valence-electron chi connectivity index (χ4n) is 4.16. The van der Waals surface area contributed by atoms with Gasteiger partial charge in [-0.3, -0.25) is 19.7 Å². The molecule has 2 aromatic carbocycles. The van der Waals surface area contributed by atoms with Crippen molar-refractivity contribution in [1.29, 1.82) is 5.26 Å². The zero-order chi connectivity index (χ0) is 30.5. The number of benzene rings is 2. The molecule has 214 valence electrons. The Hall–Kier alpha value is -4.50. The third-order valence-electron chi connectivity index (χ3n) is 6.16. The number of alkyl halides is 3. The number of halogens is 3. The minimum Gasteiger partial charge on any atom is -0.507 e. The number of hydrogen-bond acceptors (Lipinski definition) is 6. The SMILES string of the molecule is C=C(/C=C(\C)N=CCCC)NC(=NC)c1cc(N2C(=S)N(c3ccc(C#N)c(C(F)(F)F)c3)C(=O)C2C)ccc1O. The van der Waals surface area contributed by atoms with Gasteiger partial charge in [-0.05, 0) is 75.0 Å². The van der Waals surface area contributed by atoms with E-state index in [1.54, 1.807) is 19.1 Å². The summed E-state index contributed by atoms with van der Waals surface area (Å²) in [7, 11) is 1.52. The smallest absolute Gasteiger partial charge is 0.417 e. The zero-order valence-electron chi connectivity index (χ0n) is 23.0. The maximum atomic E-state index is 13.6. The lowest BCUT2D eigenvalue weighted by Gasteiger charge is -2.24. The van der Waals surface area contributed by atoms with Crippen molar-refractivity contribution in [3.05, 3.63) is 77.1 Å². The van der Waals surface area contributed by atoms with Crippen LogP contribution in [0.1, 0.15) is 50.3 Å². The second-order valence-electron chi connectivity index (χ2n) is 9.15. The summed E-state index contributed by atoms with van der Waals surface area (Å²) in [6, 6.07) is 8.14. The molecule has 0 saturated carbocycles. The summed E-state index contributed by atoms with van der Waals surface area (Å²) < 4.78 is 40.7. The van der Waals surface area contributed by atoms with Gasteiger partial charge in [0.15, 0.2) is 5.11 Å². The number of phenols is 1. The van der Waals surface area contributed by atoms with Gasteiger partial charge in [-0.15, -0.1) is 0 Å². The summed E-state index contributed by atoms with van der Waals surface area (Å²) in [6.07, 6.45) is 0.557. The van der Waals surface area contributed by atoms with Crippen molar-refractivity contribution < 1.29 is 23.1 Å². The molecule has 2 aromatic rings. The number of carbonyl (C=O) groups is 1. The summed E-state index contributed by atoms with van der Waals surface area (Å²) in [6.45, 7) is 9.41. The van der Waals surface area contributed by atoms with Gasteiger partial charge in [0.1, 0.15) is 17.6 Å². The number of anilines is 2. The van der Waals surface area contributed by atoms with E-state index >= 15 is 0 Å². The molecule has 1 aliphatic heterocycles. The van der Waals surface area contributed by atoms with Gasteiger partial charge in [-0.2, -0.15) is 18.4 Å². The van der Waals surface area contributed by atoms with Crippen LogP contribution in [0.25, 0.3) is 0 Å². The number of nitrogens with zero attached hydrogens (tertiary/aromatic N) is 5.